The summed E-state index contributed by atoms with van der Waals surface area (Å²) in [6.45, 7) is 2.26. The van der Waals surface area contributed by atoms with Crippen LogP contribution in [0.3, 0.4) is 0 Å². The van der Waals surface area contributed by atoms with Crippen molar-refractivity contribution in [2.45, 2.75) is 13.5 Å². The second-order valence-corrected chi connectivity index (χ2v) is 5.28. The zero-order valence-corrected chi connectivity index (χ0v) is 11.2. The molecule has 94 valence electrons. The van der Waals surface area contributed by atoms with Gasteiger partial charge in [0.05, 0.1) is 0 Å². The number of benzene rings is 1. The molecule has 18 heavy (non-hydrogen) atoms. The van der Waals surface area contributed by atoms with E-state index in [1.165, 1.54) is 11.3 Å². The topological polar surface area (TPSA) is 62.2 Å². The van der Waals surface area contributed by atoms with Gasteiger partial charge in [0.25, 0.3) is 0 Å². The quantitative estimate of drug-likeness (QED) is 0.902. The maximum atomic E-state index is 10.9. The van der Waals surface area contributed by atoms with Crippen LogP contribution in [0.2, 0.25) is 5.02 Å². The Labute approximate surface area is 113 Å². The molecule has 2 N–H and O–H groups in total. The smallest absolute Gasteiger partial charge is 0.355 e. The van der Waals surface area contributed by atoms with E-state index in [0.717, 1.165) is 5.56 Å². The number of carboxylic acid groups (broad SMARTS) is 1. The van der Waals surface area contributed by atoms with Gasteiger partial charge in [-0.3, -0.25) is 0 Å². The number of carboxylic acids is 1. The van der Waals surface area contributed by atoms with E-state index in [1.54, 1.807) is 6.92 Å². The maximum absolute atomic E-state index is 10.9. The van der Waals surface area contributed by atoms with Crippen LogP contribution in [0.4, 0.5) is 5.13 Å². The number of nitrogens with zero attached hydrogens (tertiary/aromatic N) is 1. The molecule has 0 radical (unpaired) electrons. The lowest BCUT2D eigenvalue weighted by atomic mass is 10.2. The number of hydrogen-bond acceptors (Lipinski definition) is 4. The molecule has 1 aromatic carbocycles. The van der Waals surface area contributed by atoms with Gasteiger partial charge in [-0.1, -0.05) is 29.8 Å². The van der Waals surface area contributed by atoms with E-state index >= 15 is 0 Å². The van der Waals surface area contributed by atoms with Gasteiger partial charge in [0.1, 0.15) is 0 Å². The minimum atomic E-state index is -1.01. The zero-order chi connectivity index (χ0) is 13.1. The highest BCUT2D eigenvalue weighted by atomic mass is 35.5. The second kappa shape index (κ2) is 5.37. The average molecular weight is 283 g/mol. The molecule has 0 fully saturated rings. The molecule has 0 aliphatic heterocycles. The van der Waals surface area contributed by atoms with Gasteiger partial charge in [-0.25, -0.2) is 9.78 Å². The van der Waals surface area contributed by atoms with Crippen LogP contribution in [0.15, 0.2) is 24.3 Å². The van der Waals surface area contributed by atoms with E-state index in [1.807, 2.05) is 24.3 Å². The number of rotatable bonds is 4. The van der Waals surface area contributed by atoms with E-state index < -0.39 is 5.97 Å². The van der Waals surface area contributed by atoms with Crippen molar-refractivity contribution in [1.82, 2.24) is 4.98 Å². The molecule has 2 aromatic rings. The standard InChI is InChI=1S/C12H11ClN2O2S/c1-7-10(11(16)17)15-12(18-7)14-6-8-4-2-3-5-9(8)13/h2-5H,6H2,1H3,(H,14,15)(H,16,17). The van der Waals surface area contributed by atoms with Crippen LogP contribution in [0.1, 0.15) is 20.9 Å². The Balaban J connectivity index is 2.09. The molecule has 0 unspecified atom stereocenters. The number of anilines is 1. The van der Waals surface area contributed by atoms with Crippen LogP contribution >= 0.6 is 22.9 Å². The number of aromatic nitrogens is 1. The number of thiazole rings is 1. The fraction of sp³-hybridized carbons (Fsp3) is 0.167. The van der Waals surface area contributed by atoms with Gasteiger partial charge >= 0.3 is 5.97 Å². The van der Waals surface area contributed by atoms with Crippen molar-refractivity contribution in [2.75, 3.05) is 5.32 Å². The Morgan fingerprint density at radius 3 is 2.83 bits per heavy atom. The summed E-state index contributed by atoms with van der Waals surface area (Å²) < 4.78 is 0. The summed E-state index contributed by atoms with van der Waals surface area (Å²) in [4.78, 5) is 15.6. The number of halogens is 1. The Kier molecular flexibility index (Phi) is 3.84. The van der Waals surface area contributed by atoms with E-state index in [9.17, 15) is 4.79 Å². The van der Waals surface area contributed by atoms with Gasteiger partial charge in [0.2, 0.25) is 0 Å². The van der Waals surface area contributed by atoms with Crippen molar-refractivity contribution in [3.63, 3.8) is 0 Å². The molecule has 1 heterocycles. The first-order valence-electron chi connectivity index (χ1n) is 5.26. The van der Waals surface area contributed by atoms with E-state index in [2.05, 4.69) is 10.3 Å². The summed E-state index contributed by atoms with van der Waals surface area (Å²) in [5.74, 6) is -1.01. The number of aryl methyl sites for hydroxylation is 1. The summed E-state index contributed by atoms with van der Waals surface area (Å²) in [5.41, 5.74) is 1.05. The van der Waals surface area contributed by atoms with Crippen molar-refractivity contribution in [3.8, 4) is 0 Å². The highest BCUT2D eigenvalue weighted by molar-refractivity contribution is 7.15. The molecule has 0 spiro atoms. The third-order valence-corrected chi connectivity index (χ3v) is 3.68. The fourth-order valence-electron chi connectivity index (χ4n) is 1.48. The molecule has 4 nitrogen and oxygen atoms in total. The fourth-order valence-corrected chi connectivity index (χ4v) is 2.49. The van der Waals surface area contributed by atoms with Crippen LogP contribution in [0.5, 0.6) is 0 Å². The Morgan fingerprint density at radius 2 is 2.22 bits per heavy atom. The number of hydrogen-bond donors (Lipinski definition) is 2. The normalized spacial score (nSPS) is 10.3. The predicted octanol–water partition coefficient (Wildman–Crippen LogP) is 3.42. The Hall–Kier alpha value is -1.59. The van der Waals surface area contributed by atoms with E-state index in [0.29, 0.717) is 21.6 Å². The predicted molar refractivity (Wildman–Crippen MR) is 72.6 cm³/mol. The average Bonchev–Trinajstić information content (AvgIpc) is 2.70. The van der Waals surface area contributed by atoms with E-state index in [4.69, 9.17) is 16.7 Å². The van der Waals surface area contributed by atoms with Crippen molar-refractivity contribution in [3.05, 3.63) is 45.4 Å². The minimum absolute atomic E-state index is 0.0988. The van der Waals surface area contributed by atoms with Crippen LogP contribution in [0, 0.1) is 6.92 Å². The molecule has 0 amide bonds. The third-order valence-electron chi connectivity index (χ3n) is 2.39. The molecule has 1 aromatic heterocycles. The highest BCUT2D eigenvalue weighted by Gasteiger charge is 2.13. The van der Waals surface area contributed by atoms with Crippen molar-refractivity contribution >= 4 is 34.0 Å². The molecule has 0 bridgehead atoms. The van der Waals surface area contributed by atoms with Crippen molar-refractivity contribution in [1.29, 1.82) is 0 Å². The SMILES string of the molecule is Cc1sc(NCc2ccccc2Cl)nc1C(=O)O. The van der Waals surface area contributed by atoms with Crippen LogP contribution in [-0.2, 0) is 6.54 Å². The molecule has 0 aliphatic rings. The number of aromatic carboxylic acids is 1. The van der Waals surface area contributed by atoms with Crippen LogP contribution in [0.25, 0.3) is 0 Å². The summed E-state index contributed by atoms with van der Waals surface area (Å²) in [6.07, 6.45) is 0. The second-order valence-electron chi connectivity index (χ2n) is 3.67. The number of carbonyl (C=O) groups is 1. The zero-order valence-electron chi connectivity index (χ0n) is 9.61. The summed E-state index contributed by atoms with van der Waals surface area (Å²) in [6, 6.07) is 7.49. The van der Waals surface area contributed by atoms with Gasteiger partial charge in [-0.05, 0) is 18.6 Å². The van der Waals surface area contributed by atoms with Gasteiger partial charge in [-0.2, -0.15) is 0 Å². The first kappa shape index (κ1) is 12.9. The van der Waals surface area contributed by atoms with Crippen LogP contribution in [-0.4, -0.2) is 16.1 Å². The lowest BCUT2D eigenvalue weighted by Crippen LogP contribution is -2.02. The van der Waals surface area contributed by atoms with Crippen LogP contribution < -0.4 is 5.32 Å². The summed E-state index contributed by atoms with van der Waals surface area (Å²) >= 11 is 7.35. The first-order valence-corrected chi connectivity index (χ1v) is 6.45. The largest absolute Gasteiger partial charge is 0.476 e. The Morgan fingerprint density at radius 1 is 1.50 bits per heavy atom. The lowest BCUT2D eigenvalue weighted by molar-refractivity contribution is 0.0690. The summed E-state index contributed by atoms with van der Waals surface area (Å²) in [5, 5.41) is 13.2. The lowest BCUT2D eigenvalue weighted by Gasteiger charge is -2.04. The molecule has 0 saturated heterocycles. The maximum Gasteiger partial charge on any atom is 0.355 e. The van der Waals surface area contributed by atoms with Gasteiger partial charge in [0.15, 0.2) is 10.8 Å². The van der Waals surface area contributed by atoms with Gasteiger partial charge in [-0.15, -0.1) is 11.3 Å². The minimum Gasteiger partial charge on any atom is -0.476 e. The Bertz CT molecular complexity index is 583. The molecule has 0 saturated carbocycles. The third kappa shape index (κ3) is 2.80. The summed E-state index contributed by atoms with van der Waals surface area (Å²) in [7, 11) is 0. The molecule has 0 atom stereocenters. The first-order chi connectivity index (χ1) is 8.58. The van der Waals surface area contributed by atoms with Gasteiger partial charge < -0.3 is 10.4 Å². The molecule has 2 rings (SSSR count). The van der Waals surface area contributed by atoms with Gasteiger partial charge in [0, 0.05) is 16.4 Å². The molecule has 0 aliphatic carbocycles. The monoisotopic (exact) mass is 282 g/mol. The van der Waals surface area contributed by atoms with Crippen molar-refractivity contribution < 1.29 is 9.90 Å². The van der Waals surface area contributed by atoms with Crippen molar-refractivity contribution in [2.24, 2.45) is 0 Å². The molecular weight excluding hydrogens is 272 g/mol. The molecule has 6 heteroatoms. The number of nitrogens with one attached hydrogen (secondary N) is 1. The van der Waals surface area contributed by atoms with E-state index in [-0.39, 0.29) is 5.69 Å². The molecular formula is C12H11ClN2O2S. The highest BCUT2D eigenvalue weighted by Crippen LogP contribution is 2.23.